The first-order valence-corrected chi connectivity index (χ1v) is 13.0. The average Bonchev–Trinajstić information content (AvgIpc) is 2.57. The van der Waals surface area contributed by atoms with Crippen LogP contribution in [0.15, 0.2) is 60.7 Å². The number of rotatable bonds is 3. The zero-order valence-corrected chi connectivity index (χ0v) is 17.3. The van der Waals surface area contributed by atoms with Crippen molar-refractivity contribution < 1.29 is 9.59 Å². The van der Waals surface area contributed by atoms with Crippen LogP contribution in [0.5, 0.6) is 0 Å². The van der Waals surface area contributed by atoms with Gasteiger partial charge in [0.2, 0.25) is 18.1 Å². The zero-order valence-electron chi connectivity index (χ0n) is 13.8. The van der Waals surface area contributed by atoms with E-state index in [2.05, 4.69) is 16.2 Å². The topological polar surface area (TPSA) is 40.5 Å². The fourth-order valence-electron chi connectivity index (χ4n) is 1.46. The molecule has 2 aromatic carbocycles. The molecule has 2 N–H and O–H groups in total. The van der Waals surface area contributed by atoms with Crippen molar-refractivity contribution in [2.45, 2.75) is 26.4 Å². The Hall–Kier alpha value is -0.776. The normalized spacial score (nSPS) is 12.1. The third-order valence-corrected chi connectivity index (χ3v) is 6.13. The van der Waals surface area contributed by atoms with Gasteiger partial charge >= 0.3 is 0 Å². The molecule has 0 spiro atoms. The molecule has 2 nitrogen and oxygen atoms in total. The van der Waals surface area contributed by atoms with E-state index in [4.69, 9.17) is 9.59 Å². The van der Waals surface area contributed by atoms with Gasteiger partial charge in [0.05, 0.1) is 0 Å². The fourth-order valence-corrected chi connectivity index (χ4v) is 3.02. The van der Waals surface area contributed by atoms with Gasteiger partial charge < -0.3 is 9.59 Å². The molecule has 0 heterocycles. The van der Waals surface area contributed by atoms with Crippen molar-refractivity contribution in [1.82, 2.24) is 0 Å². The summed E-state index contributed by atoms with van der Waals surface area (Å²) in [6.45, 7) is 5.96. The summed E-state index contributed by atoms with van der Waals surface area (Å²) in [7, 11) is -0.403. The molecule has 122 valence electrons. The first-order valence-electron chi connectivity index (χ1n) is 7.69. The van der Waals surface area contributed by atoms with E-state index in [1.807, 2.05) is 73.8 Å². The van der Waals surface area contributed by atoms with E-state index in [9.17, 15) is 0 Å². The van der Waals surface area contributed by atoms with E-state index in [1.165, 1.54) is 12.6 Å². The largest absolute Gasteiger partial charge is 0.431 e. The molecule has 5 heteroatoms. The van der Waals surface area contributed by atoms with E-state index in [-0.39, 0.29) is 0 Å². The lowest BCUT2D eigenvalue weighted by atomic mass is 10.4. The second-order valence-corrected chi connectivity index (χ2v) is 9.58. The predicted molar refractivity (Wildman–Crippen MR) is 107 cm³/mol. The second-order valence-electron chi connectivity index (χ2n) is 4.96. The van der Waals surface area contributed by atoms with Gasteiger partial charge in [-0.15, -0.1) is 9.24 Å². The Morgan fingerprint density at radius 1 is 0.773 bits per heavy atom. The lowest BCUT2D eigenvalue weighted by Crippen LogP contribution is -2.25. The maximum atomic E-state index is 9.16. The van der Waals surface area contributed by atoms with Gasteiger partial charge in [-0.3, -0.25) is 0 Å². The van der Waals surface area contributed by atoms with Gasteiger partial charge in [0.25, 0.3) is 0 Å². The molecule has 3 unspecified atom stereocenters. The minimum atomic E-state index is -1.53. The summed E-state index contributed by atoms with van der Waals surface area (Å²) in [4.78, 5) is 18.3. The average molecular weight is 353 g/mol. The van der Waals surface area contributed by atoms with Crippen LogP contribution >= 0.6 is 9.24 Å². The Morgan fingerprint density at radius 2 is 1.05 bits per heavy atom. The minimum absolute atomic E-state index is 1.11. The highest BCUT2D eigenvalue weighted by Crippen LogP contribution is 1.84. The summed E-state index contributed by atoms with van der Waals surface area (Å²) in [5.74, 6) is 0. The molecule has 0 aromatic heterocycles. The van der Waals surface area contributed by atoms with Crippen molar-refractivity contribution in [2.75, 3.05) is 6.16 Å². The van der Waals surface area contributed by atoms with Crippen molar-refractivity contribution in [3.05, 3.63) is 60.7 Å². The third kappa shape index (κ3) is 10.9. The van der Waals surface area contributed by atoms with Crippen LogP contribution in [0.4, 0.5) is 0 Å². The maximum Gasteiger partial charge on any atom is 0.201 e. The van der Waals surface area contributed by atoms with Gasteiger partial charge in [-0.2, -0.15) is 0 Å². The maximum absolute atomic E-state index is 9.16. The molecule has 0 aliphatic carbocycles. The first kappa shape index (κ1) is 21.2. The van der Waals surface area contributed by atoms with Crippen LogP contribution in [0.1, 0.15) is 13.3 Å². The Morgan fingerprint density at radius 3 is 1.18 bits per heavy atom. The SMILES string of the molecule is CCCP.C[SiH](O)c1ccccc1.C[SiH](O)c1ccccc1. The van der Waals surface area contributed by atoms with Crippen LogP contribution in [-0.4, -0.2) is 33.8 Å². The molecule has 3 atom stereocenters. The van der Waals surface area contributed by atoms with E-state index >= 15 is 0 Å². The highest BCUT2D eigenvalue weighted by Gasteiger charge is 1.99. The molecule has 22 heavy (non-hydrogen) atoms. The van der Waals surface area contributed by atoms with Crippen LogP contribution in [0.3, 0.4) is 0 Å². The van der Waals surface area contributed by atoms with Crippen molar-refractivity contribution in [2.24, 2.45) is 0 Å². The van der Waals surface area contributed by atoms with Gasteiger partial charge in [0.1, 0.15) is 0 Å². The lowest BCUT2D eigenvalue weighted by Gasteiger charge is -1.98. The van der Waals surface area contributed by atoms with Crippen LogP contribution < -0.4 is 10.4 Å². The van der Waals surface area contributed by atoms with Gasteiger partial charge in [-0.25, -0.2) is 0 Å². The molecule has 0 aliphatic rings. The van der Waals surface area contributed by atoms with Crippen LogP contribution in [0, 0.1) is 0 Å². The number of benzene rings is 2. The van der Waals surface area contributed by atoms with Crippen LogP contribution in [0.2, 0.25) is 13.1 Å². The highest BCUT2D eigenvalue weighted by atomic mass is 31.0. The second kappa shape index (κ2) is 13.9. The Labute approximate surface area is 140 Å². The molecule has 0 bridgehead atoms. The van der Waals surface area contributed by atoms with E-state index in [1.54, 1.807) is 0 Å². The first-order chi connectivity index (χ1) is 10.5. The summed E-state index contributed by atoms with van der Waals surface area (Å²) >= 11 is 0. The molecule has 2 rings (SSSR count). The summed E-state index contributed by atoms with van der Waals surface area (Å²) in [5, 5.41) is 2.22. The standard InChI is InChI=1S/2C7H10OSi.C3H9P/c2*1-9(8)7-5-3-2-4-6-7;1-2-3-4/h2*2-6,8-9H,1H3;2-4H2,1H3. The summed E-state index contributed by atoms with van der Waals surface area (Å²) in [6, 6.07) is 19.6. The molecule has 0 amide bonds. The van der Waals surface area contributed by atoms with Crippen LogP contribution in [0.25, 0.3) is 0 Å². The Kier molecular flexibility index (Phi) is 13.4. The molecular formula is C17H29O2PSi2. The van der Waals surface area contributed by atoms with E-state index < -0.39 is 18.1 Å². The molecule has 0 saturated heterocycles. The molecule has 2 aromatic rings. The highest BCUT2D eigenvalue weighted by molar-refractivity contribution is 7.16. The van der Waals surface area contributed by atoms with Gasteiger partial charge in [-0.1, -0.05) is 74.0 Å². The molecule has 0 aliphatic heterocycles. The van der Waals surface area contributed by atoms with Crippen LogP contribution in [-0.2, 0) is 0 Å². The number of hydrogen-bond acceptors (Lipinski definition) is 2. The smallest absolute Gasteiger partial charge is 0.201 e. The molecule has 0 fully saturated rings. The lowest BCUT2D eigenvalue weighted by molar-refractivity contribution is 0.593. The van der Waals surface area contributed by atoms with Gasteiger partial charge in [0.15, 0.2) is 0 Å². The summed E-state index contributed by atoms with van der Waals surface area (Å²) in [6.07, 6.45) is 2.52. The molecular weight excluding hydrogens is 323 g/mol. The van der Waals surface area contributed by atoms with Gasteiger partial charge in [-0.05, 0) is 29.6 Å². The van der Waals surface area contributed by atoms with E-state index in [0.717, 1.165) is 10.4 Å². The van der Waals surface area contributed by atoms with E-state index in [0.29, 0.717) is 0 Å². The monoisotopic (exact) mass is 352 g/mol. The van der Waals surface area contributed by atoms with Crippen molar-refractivity contribution in [3.63, 3.8) is 0 Å². The predicted octanol–water partition coefficient (Wildman–Crippen LogP) is 1.75. The molecule has 0 radical (unpaired) electrons. The third-order valence-electron chi connectivity index (χ3n) is 2.85. The van der Waals surface area contributed by atoms with Crippen molar-refractivity contribution in [3.8, 4) is 0 Å². The van der Waals surface area contributed by atoms with Crippen molar-refractivity contribution >= 4 is 37.7 Å². The Bertz CT molecular complexity index is 419. The summed E-state index contributed by atoms with van der Waals surface area (Å²) < 4.78 is 0. The van der Waals surface area contributed by atoms with Gasteiger partial charge in [0, 0.05) is 0 Å². The Balaban J connectivity index is 0.000000326. The quantitative estimate of drug-likeness (QED) is 0.653. The summed E-state index contributed by atoms with van der Waals surface area (Å²) in [5.41, 5.74) is 0. The molecule has 0 saturated carbocycles. The zero-order chi connectivity index (χ0) is 16.8. The fraction of sp³-hybridized carbons (Fsp3) is 0.294. The number of hydrogen-bond donors (Lipinski definition) is 2. The van der Waals surface area contributed by atoms with Crippen molar-refractivity contribution in [1.29, 1.82) is 0 Å². The minimum Gasteiger partial charge on any atom is -0.431 e.